The predicted octanol–water partition coefficient (Wildman–Crippen LogP) is 1.90. The zero-order valence-electron chi connectivity index (χ0n) is 7.59. The van der Waals surface area contributed by atoms with E-state index in [2.05, 4.69) is 28.8 Å². The van der Waals surface area contributed by atoms with Crippen molar-refractivity contribution in [2.75, 3.05) is 12.4 Å². The summed E-state index contributed by atoms with van der Waals surface area (Å²) in [6.07, 6.45) is 10.8. The molecule has 0 saturated carbocycles. The number of terminal acetylenes is 1. The van der Waals surface area contributed by atoms with Gasteiger partial charge in [0.2, 0.25) is 0 Å². The molecule has 2 nitrogen and oxygen atoms in total. The van der Waals surface area contributed by atoms with Crippen molar-refractivity contribution in [3.8, 4) is 12.8 Å². The van der Waals surface area contributed by atoms with Gasteiger partial charge in [-0.15, -0.1) is 12.8 Å². The van der Waals surface area contributed by atoms with Crippen molar-refractivity contribution in [3.63, 3.8) is 0 Å². The standard InChI is InChI=1S/C7H14BrNO.C2H2/c1-3-6(9)7(10-2)4-5-8;1-2/h4,6H,3,5,9H2,1-2H3;1-2H/b7-4-;. The molecule has 3 heteroatoms. The third kappa shape index (κ3) is 6.26. The minimum atomic E-state index is 0.0440. The Morgan fingerprint density at radius 1 is 1.67 bits per heavy atom. The van der Waals surface area contributed by atoms with Crippen LogP contribution in [0.4, 0.5) is 0 Å². The maximum atomic E-state index is 5.70. The van der Waals surface area contributed by atoms with E-state index in [9.17, 15) is 0 Å². The van der Waals surface area contributed by atoms with Crippen LogP contribution in [0.2, 0.25) is 0 Å². The van der Waals surface area contributed by atoms with Crippen LogP contribution in [0.15, 0.2) is 11.8 Å². The largest absolute Gasteiger partial charge is 0.500 e. The van der Waals surface area contributed by atoms with Crippen LogP contribution < -0.4 is 5.73 Å². The number of hydrogen-bond donors (Lipinski definition) is 1. The first-order valence-electron chi connectivity index (χ1n) is 3.65. The van der Waals surface area contributed by atoms with Gasteiger partial charge in [-0.2, -0.15) is 0 Å². The summed E-state index contributed by atoms with van der Waals surface area (Å²) in [4.78, 5) is 0. The van der Waals surface area contributed by atoms with Gasteiger partial charge in [-0.1, -0.05) is 22.9 Å². The number of alkyl halides is 1. The third-order valence-corrected chi connectivity index (χ3v) is 1.64. The molecular weight excluding hydrogens is 218 g/mol. The normalized spacial score (nSPS) is 12.7. The van der Waals surface area contributed by atoms with Crippen LogP contribution in [0.5, 0.6) is 0 Å². The zero-order valence-corrected chi connectivity index (χ0v) is 9.17. The molecule has 70 valence electrons. The zero-order chi connectivity index (χ0) is 9.98. The Morgan fingerprint density at radius 3 is 2.42 bits per heavy atom. The van der Waals surface area contributed by atoms with Crippen LogP contribution in [0.3, 0.4) is 0 Å². The summed E-state index contributed by atoms with van der Waals surface area (Å²) in [7, 11) is 1.64. The van der Waals surface area contributed by atoms with E-state index in [0.717, 1.165) is 17.5 Å². The fourth-order valence-corrected chi connectivity index (χ4v) is 0.982. The second kappa shape index (κ2) is 10.5. The molecule has 0 spiro atoms. The molecule has 0 fully saturated rings. The molecule has 0 bridgehead atoms. The Kier molecular flexibility index (Phi) is 12.4. The Hall–Kier alpha value is -0.460. The first-order valence-corrected chi connectivity index (χ1v) is 4.77. The average molecular weight is 234 g/mol. The van der Waals surface area contributed by atoms with E-state index >= 15 is 0 Å². The third-order valence-electron chi connectivity index (χ3n) is 1.32. The van der Waals surface area contributed by atoms with Gasteiger partial charge in [0.25, 0.3) is 0 Å². The lowest BCUT2D eigenvalue weighted by Crippen LogP contribution is -2.22. The maximum Gasteiger partial charge on any atom is 0.109 e. The Labute approximate surface area is 83.3 Å². The van der Waals surface area contributed by atoms with Crippen molar-refractivity contribution in [2.45, 2.75) is 19.4 Å². The highest BCUT2D eigenvalue weighted by atomic mass is 79.9. The summed E-state index contributed by atoms with van der Waals surface area (Å²) in [6.45, 7) is 2.03. The summed E-state index contributed by atoms with van der Waals surface area (Å²) < 4.78 is 5.05. The minimum Gasteiger partial charge on any atom is -0.500 e. The first kappa shape index (κ1) is 14.1. The number of hydrogen-bond acceptors (Lipinski definition) is 2. The van der Waals surface area contributed by atoms with Crippen LogP contribution >= 0.6 is 15.9 Å². The lowest BCUT2D eigenvalue weighted by atomic mass is 10.2. The topological polar surface area (TPSA) is 35.2 Å². The Balaban J connectivity index is 0. The van der Waals surface area contributed by atoms with Gasteiger partial charge >= 0.3 is 0 Å². The summed E-state index contributed by atoms with van der Waals surface area (Å²) in [6, 6.07) is 0.0440. The molecule has 0 aliphatic heterocycles. The van der Waals surface area contributed by atoms with E-state index in [4.69, 9.17) is 10.5 Å². The highest BCUT2D eigenvalue weighted by Gasteiger charge is 2.04. The molecule has 0 aliphatic carbocycles. The predicted molar refractivity (Wildman–Crippen MR) is 57.0 cm³/mol. The van der Waals surface area contributed by atoms with Gasteiger partial charge in [0.1, 0.15) is 5.76 Å². The maximum absolute atomic E-state index is 5.70. The van der Waals surface area contributed by atoms with E-state index < -0.39 is 0 Å². The second-order valence-electron chi connectivity index (χ2n) is 1.98. The van der Waals surface area contributed by atoms with Gasteiger partial charge in [0.05, 0.1) is 13.2 Å². The number of halogens is 1. The summed E-state index contributed by atoms with van der Waals surface area (Å²) in [5, 5.41) is 0.796. The van der Waals surface area contributed by atoms with Crippen molar-refractivity contribution in [3.05, 3.63) is 11.8 Å². The molecule has 0 rings (SSSR count). The molecule has 0 aromatic carbocycles. The summed E-state index contributed by atoms with van der Waals surface area (Å²) in [5.41, 5.74) is 5.70. The fraction of sp³-hybridized carbons (Fsp3) is 0.556. The van der Waals surface area contributed by atoms with E-state index in [-0.39, 0.29) is 6.04 Å². The Bertz CT molecular complexity index is 143. The van der Waals surface area contributed by atoms with Gasteiger partial charge < -0.3 is 10.5 Å². The smallest absolute Gasteiger partial charge is 0.109 e. The molecule has 0 aromatic heterocycles. The average Bonchev–Trinajstić information content (AvgIpc) is 2.16. The monoisotopic (exact) mass is 233 g/mol. The van der Waals surface area contributed by atoms with Crippen molar-refractivity contribution in [2.24, 2.45) is 5.73 Å². The molecular formula is C9H16BrNO. The van der Waals surface area contributed by atoms with Crippen molar-refractivity contribution >= 4 is 15.9 Å². The number of rotatable bonds is 4. The van der Waals surface area contributed by atoms with Crippen molar-refractivity contribution in [1.82, 2.24) is 0 Å². The van der Waals surface area contributed by atoms with Gasteiger partial charge in [-0.05, 0) is 12.5 Å². The quantitative estimate of drug-likeness (QED) is 0.458. The highest BCUT2D eigenvalue weighted by Crippen LogP contribution is 2.04. The molecule has 1 atom stereocenters. The van der Waals surface area contributed by atoms with E-state index in [1.54, 1.807) is 7.11 Å². The molecule has 0 saturated heterocycles. The van der Waals surface area contributed by atoms with Crippen LogP contribution in [-0.2, 0) is 4.74 Å². The van der Waals surface area contributed by atoms with Gasteiger partial charge in [-0.3, -0.25) is 0 Å². The highest BCUT2D eigenvalue weighted by molar-refractivity contribution is 9.09. The minimum absolute atomic E-state index is 0.0440. The molecule has 2 N–H and O–H groups in total. The molecule has 1 unspecified atom stereocenters. The summed E-state index contributed by atoms with van der Waals surface area (Å²) in [5.74, 6) is 0.861. The van der Waals surface area contributed by atoms with Crippen LogP contribution in [0.25, 0.3) is 0 Å². The van der Waals surface area contributed by atoms with E-state index in [0.29, 0.717) is 0 Å². The van der Waals surface area contributed by atoms with Crippen LogP contribution in [-0.4, -0.2) is 18.5 Å². The van der Waals surface area contributed by atoms with Gasteiger partial charge in [0.15, 0.2) is 0 Å². The molecule has 0 aliphatic rings. The van der Waals surface area contributed by atoms with Gasteiger partial charge in [0, 0.05) is 5.33 Å². The van der Waals surface area contributed by atoms with Crippen molar-refractivity contribution in [1.29, 1.82) is 0 Å². The number of nitrogens with two attached hydrogens (primary N) is 1. The lowest BCUT2D eigenvalue weighted by Gasteiger charge is -2.11. The fourth-order valence-electron chi connectivity index (χ4n) is 0.663. The first-order chi connectivity index (χ1) is 5.76. The van der Waals surface area contributed by atoms with Gasteiger partial charge in [-0.25, -0.2) is 0 Å². The second-order valence-corrected chi connectivity index (χ2v) is 2.63. The Morgan fingerprint density at radius 2 is 2.17 bits per heavy atom. The molecule has 0 amide bonds. The van der Waals surface area contributed by atoms with Crippen LogP contribution in [0, 0.1) is 12.8 Å². The molecule has 0 heterocycles. The SMILES string of the molecule is C#C.CCC(N)/C(=C/CBr)OC. The lowest BCUT2D eigenvalue weighted by molar-refractivity contribution is 0.262. The number of methoxy groups -OCH3 is 1. The molecule has 0 aromatic rings. The molecule has 0 radical (unpaired) electrons. The van der Waals surface area contributed by atoms with E-state index in [1.165, 1.54) is 0 Å². The number of ether oxygens (including phenoxy) is 1. The van der Waals surface area contributed by atoms with Crippen molar-refractivity contribution < 1.29 is 4.74 Å². The summed E-state index contributed by atoms with van der Waals surface area (Å²) >= 11 is 3.28. The van der Waals surface area contributed by atoms with Crippen LogP contribution in [0.1, 0.15) is 13.3 Å². The number of allylic oxidation sites excluding steroid dienone is 1. The molecule has 12 heavy (non-hydrogen) atoms. The van der Waals surface area contributed by atoms with E-state index in [1.807, 2.05) is 13.0 Å².